The highest BCUT2D eigenvalue weighted by molar-refractivity contribution is 5.70. The Morgan fingerprint density at radius 1 is 1.43 bits per heavy atom. The Bertz CT molecular complexity index is 189. The van der Waals surface area contributed by atoms with E-state index in [1.54, 1.807) is 0 Å². The van der Waals surface area contributed by atoms with Crippen LogP contribution >= 0.6 is 0 Å². The quantitative estimate of drug-likeness (QED) is 0.757. The van der Waals surface area contributed by atoms with Crippen LogP contribution in [0.15, 0.2) is 0 Å². The Balaban J connectivity index is 2.42. The molecule has 0 unspecified atom stereocenters. The molecule has 0 saturated heterocycles. The number of carboxylic acid groups (broad SMARTS) is 1. The van der Waals surface area contributed by atoms with Gasteiger partial charge in [-0.1, -0.05) is 12.8 Å². The summed E-state index contributed by atoms with van der Waals surface area (Å²) in [7, 11) is 0. The minimum atomic E-state index is -0.651. The van der Waals surface area contributed by atoms with Gasteiger partial charge in [0.2, 0.25) is 0 Å². The number of hydrogen-bond acceptors (Lipinski definition) is 2. The molecular formula is C11H20O3. The lowest BCUT2D eigenvalue weighted by molar-refractivity contribution is -0.146. The van der Waals surface area contributed by atoms with Crippen LogP contribution in [0.25, 0.3) is 0 Å². The van der Waals surface area contributed by atoms with Gasteiger partial charge in [-0.15, -0.1) is 0 Å². The molecule has 1 aliphatic rings. The smallest absolute Gasteiger partial charge is 0.306 e. The number of hydrogen-bond donors (Lipinski definition) is 1. The van der Waals surface area contributed by atoms with Crippen LogP contribution in [0.3, 0.4) is 0 Å². The monoisotopic (exact) mass is 200 g/mol. The fourth-order valence-corrected chi connectivity index (χ4v) is 2.05. The molecule has 0 bridgehead atoms. The zero-order chi connectivity index (χ0) is 10.6. The lowest BCUT2D eigenvalue weighted by Gasteiger charge is -2.28. The molecule has 3 heteroatoms. The molecule has 1 rings (SSSR count). The number of aliphatic carboxylic acids is 1. The molecule has 0 radical (unpaired) electrons. The van der Waals surface area contributed by atoms with Crippen LogP contribution in [0.1, 0.15) is 39.5 Å². The van der Waals surface area contributed by atoms with E-state index in [4.69, 9.17) is 9.84 Å². The Hall–Kier alpha value is -0.570. The van der Waals surface area contributed by atoms with Crippen molar-refractivity contribution in [3.8, 4) is 0 Å². The van der Waals surface area contributed by atoms with E-state index >= 15 is 0 Å². The van der Waals surface area contributed by atoms with Crippen LogP contribution in [0.2, 0.25) is 0 Å². The van der Waals surface area contributed by atoms with Gasteiger partial charge in [0.1, 0.15) is 0 Å². The Kier molecular flexibility index (Phi) is 4.39. The molecule has 0 aromatic carbocycles. The summed E-state index contributed by atoms with van der Waals surface area (Å²) in [5.74, 6) is -0.604. The highest BCUT2D eigenvalue weighted by Gasteiger charge is 2.30. The largest absolute Gasteiger partial charge is 0.481 e. The number of carbonyl (C=O) groups is 1. The molecule has 1 saturated carbocycles. The first-order valence-electron chi connectivity index (χ1n) is 5.45. The van der Waals surface area contributed by atoms with E-state index < -0.39 is 5.97 Å². The predicted octanol–water partition coefficient (Wildman–Crippen LogP) is 2.30. The van der Waals surface area contributed by atoms with Gasteiger partial charge in [-0.3, -0.25) is 4.79 Å². The highest BCUT2D eigenvalue weighted by atomic mass is 16.5. The molecule has 14 heavy (non-hydrogen) atoms. The third kappa shape index (κ3) is 3.29. The van der Waals surface area contributed by atoms with E-state index in [1.807, 2.05) is 13.8 Å². The molecule has 82 valence electrons. The number of rotatable bonds is 4. The standard InChI is InChI=1S/C11H20O3/c1-8(2)14-7-9-5-3-4-6-10(9)11(12)13/h8-10H,3-7H2,1-2H3,(H,12,13)/t9-,10+/m0/s1. The summed E-state index contributed by atoms with van der Waals surface area (Å²) in [6, 6.07) is 0. The first kappa shape index (κ1) is 11.5. The zero-order valence-corrected chi connectivity index (χ0v) is 9.03. The maximum absolute atomic E-state index is 11.0. The van der Waals surface area contributed by atoms with Crippen molar-refractivity contribution in [2.45, 2.75) is 45.6 Å². The first-order chi connectivity index (χ1) is 6.61. The summed E-state index contributed by atoms with van der Waals surface area (Å²) < 4.78 is 5.50. The molecule has 1 N–H and O–H groups in total. The van der Waals surface area contributed by atoms with Crippen LogP contribution in [-0.2, 0) is 9.53 Å². The average Bonchev–Trinajstić information content (AvgIpc) is 2.15. The molecule has 1 aliphatic carbocycles. The summed E-state index contributed by atoms with van der Waals surface area (Å²) in [5, 5.41) is 9.02. The van der Waals surface area contributed by atoms with Crippen molar-refractivity contribution in [2.75, 3.05) is 6.61 Å². The maximum atomic E-state index is 11.0. The van der Waals surface area contributed by atoms with E-state index in [2.05, 4.69) is 0 Å². The van der Waals surface area contributed by atoms with E-state index in [9.17, 15) is 4.79 Å². The lowest BCUT2D eigenvalue weighted by atomic mass is 9.80. The van der Waals surface area contributed by atoms with E-state index in [1.165, 1.54) is 0 Å². The summed E-state index contributed by atoms with van der Waals surface area (Å²) >= 11 is 0. The molecule has 0 aromatic rings. The van der Waals surface area contributed by atoms with Gasteiger partial charge in [0.15, 0.2) is 0 Å². The van der Waals surface area contributed by atoms with Crippen molar-refractivity contribution < 1.29 is 14.6 Å². The SMILES string of the molecule is CC(C)OC[C@@H]1CCCC[C@H]1C(=O)O. The van der Waals surface area contributed by atoms with Crippen molar-refractivity contribution in [3.63, 3.8) is 0 Å². The summed E-state index contributed by atoms with van der Waals surface area (Å²) in [6.07, 6.45) is 4.22. The Labute approximate surface area is 85.5 Å². The van der Waals surface area contributed by atoms with Crippen LogP contribution in [0.5, 0.6) is 0 Å². The van der Waals surface area contributed by atoms with Crippen LogP contribution in [0, 0.1) is 11.8 Å². The third-order valence-electron chi connectivity index (χ3n) is 2.87. The van der Waals surface area contributed by atoms with Gasteiger partial charge in [0, 0.05) is 0 Å². The van der Waals surface area contributed by atoms with Crippen molar-refractivity contribution >= 4 is 5.97 Å². The molecule has 1 fully saturated rings. The maximum Gasteiger partial charge on any atom is 0.306 e. The molecule has 0 amide bonds. The zero-order valence-electron chi connectivity index (χ0n) is 9.03. The topological polar surface area (TPSA) is 46.5 Å². The number of ether oxygens (including phenoxy) is 1. The van der Waals surface area contributed by atoms with Gasteiger partial charge in [0.05, 0.1) is 18.6 Å². The van der Waals surface area contributed by atoms with Crippen LogP contribution < -0.4 is 0 Å². The number of carboxylic acids is 1. The second kappa shape index (κ2) is 5.35. The predicted molar refractivity (Wildman–Crippen MR) is 54.2 cm³/mol. The van der Waals surface area contributed by atoms with Gasteiger partial charge in [-0.05, 0) is 32.6 Å². The van der Waals surface area contributed by atoms with Crippen LogP contribution in [-0.4, -0.2) is 23.8 Å². The van der Waals surface area contributed by atoms with Crippen molar-refractivity contribution in [2.24, 2.45) is 11.8 Å². The first-order valence-corrected chi connectivity index (χ1v) is 5.45. The van der Waals surface area contributed by atoms with Crippen molar-refractivity contribution in [3.05, 3.63) is 0 Å². The van der Waals surface area contributed by atoms with E-state index in [0.717, 1.165) is 25.7 Å². The molecular weight excluding hydrogens is 180 g/mol. The molecule has 3 nitrogen and oxygen atoms in total. The average molecular weight is 200 g/mol. The minimum Gasteiger partial charge on any atom is -0.481 e. The molecule has 2 atom stereocenters. The van der Waals surface area contributed by atoms with E-state index in [0.29, 0.717) is 6.61 Å². The fraction of sp³-hybridized carbons (Fsp3) is 0.909. The van der Waals surface area contributed by atoms with Gasteiger partial charge in [-0.2, -0.15) is 0 Å². The second-order valence-electron chi connectivity index (χ2n) is 4.37. The summed E-state index contributed by atoms with van der Waals surface area (Å²) in [6.45, 7) is 4.58. The molecule has 0 spiro atoms. The minimum absolute atomic E-state index is 0.178. The van der Waals surface area contributed by atoms with E-state index in [-0.39, 0.29) is 17.9 Å². The van der Waals surface area contributed by atoms with Crippen molar-refractivity contribution in [1.29, 1.82) is 0 Å². The second-order valence-corrected chi connectivity index (χ2v) is 4.37. The van der Waals surface area contributed by atoms with Gasteiger partial charge in [-0.25, -0.2) is 0 Å². The third-order valence-corrected chi connectivity index (χ3v) is 2.87. The fourth-order valence-electron chi connectivity index (χ4n) is 2.05. The lowest BCUT2D eigenvalue weighted by Crippen LogP contribution is -2.30. The normalized spacial score (nSPS) is 27.9. The molecule has 0 aromatic heterocycles. The highest BCUT2D eigenvalue weighted by Crippen LogP contribution is 2.30. The van der Waals surface area contributed by atoms with Crippen LogP contribution in [0.4, 0.5) is 0 Å². The van der Waals surface area contributed by atoms with Crippen molar-refractivity contribution in [1.82, 2.24) is 0 Å². The summed E-state index contributed by atoms with van der Waals surface area (Å²) in [4.78, 5) is 11.0. The summed E-state index contributed by atoms with van der Waals surface area (Å²) in [5.41, 5.74) is 0. The molecule has 0 heterocycles. The Morgan fingerprint density at radius 3 is 2.64 bits per heavy atom. The van der Waals surface area contributed by atoms with Gasteiger partial charge >= 0.3 is 5.97 Å². The van der Waals surface area contributed by atoms with Gasteiger partial charge < -0.3 is 9.84 Å². The Morgan fingerprint density at radius 2 is 2.07 bits per heavy atom. The van der Waals surface area contributed by atoms with Gasteiger partial charge in [0.25, 0.3) is 0 Å². The molecule has 0 aliphatic heterocycles.